The van der Waals surface area contributed by atoms with Crippen LogP contribution in [-0.2, 0) is 4.79 Å². The molecule has 0 bridgehead atoms. The monoisotopic (exact) mass is 352 g/mol. The van der Waals surface area contributed by atoms with Gasteiger partial charge in [0.25, 0.3) is 5.91 Å². The fourth-order valence-electron chi connectivity index (χ4n) is 4.59. The van der Waals surface area contributed by atoms with Crippen molar-refractivity contribution < 1.29 is 9.59 Å². The van der Waals surface area contributed by atoms with E-state index >= 15 is 0 Å². The summed E-state index contributed by atoms with van der Waals surface area (Å²) in [6.45, 7) is 2.37. The molecule has 26 heavy (non-hydrogen) atoms. The highest BCUT2D eigenvalue weighted by Crippen LogP contribution is 2.42. The van der Waals surface area contributed by atoms with E-state index < -0.39 is 0 Å². The Morgan fingerprint density at radius 3 is 2.62 bits per heavy atom. The highest BCUT2D eigenvalue weighted by molar-refractivity contribution is 5.92. The third kappa shape index (κ3) is 2.89. The molecule has 0 aliphatic carbocycles. The van der Waals surface area contributed by atoms with Gasteiger partial charge in [0.05, 0.1) is 18.1 Å². The minimum absolute atomic E-state index is 0.0170. The first kappa shape index (κ1) is 16.8. The average molecular weight is 352 g/mol. The third-order valence-corrected chi connectivity index (χ3v) is 5.69. The van der Waals surface area contributed by atoms with Gasteiger partial charge in [0.1, 0.15) is 5.69 Å². The molecule has 3 heterocycles. The Labute approximate surface area is 153 Å². The average Bonchev–Trinajstić information content (AvgIpc) is 3.26. The quantitative estimate of drug-likeness (QED) is 0.903. The molecule has 2 aliphatic heterocycles. The topological polar surface area (TPSA) is 69.3 Å². The van der Waals surface area contributed by atoms with Crippen molar-refractivity contribution in [2.24, 2.45) is 0 Å². The van der Waals surface area contributed by atoms with Crippen molar-refractivity contribution in [2.45, 2.75) is 50.7 Å². The largest absolute Gasteiger partial charge is 0.332 e. The van der Waals surface area contributed by atoms with E-state index in [0.717, 1.165) is 37.8 Å². The first-order chi connectivity index (χ1) is 12.7. The Bertz CT molecular complexity index is 774. The highest BCUT2D eigenvalue weighted by Gasteiger charge is 2.47. The Kier molecular flexibility index (Phi) is 4.49. The van der Waals surface area contributed by atoms with Crippen LogP contribution in [0, 0.1) is 0 Å². The number of nitrogens with zero attached hydrogens (tertiary/aromatic N) is 3. The molecule has 2 aromatic rings. The van der Waals surface area contributed by atoms with Gasteiger partial charge in [-0.25, -0.2) is 0 Å². The lowest BCUT2D eigenvalue weighted by atomic mass is 10.0. The summed E-state index contributed by atoms with van der Waals surface area (Å²) in [6, 6.07) is 12.0. The standard InChI is InChI=1S/C20H24N4O2/c1-14(25)24-17-9-5-6-12-23(20(26)16-10-11-21-22-16)19(17)13-18(24)15-7-3-2-4-8-15/h2-4,7-8,10-11,17-19H,5-6,9,12-13H2,1H3,(H,21,22)/t17-,18-,19+/m0/s1. The lowest BCUT2D eigenvalue weighted by Gasteiger charge is -2.33. The van der Waals surface area contributed by atoms with E-state index in [1.807, 2.05) is 28.0 Å². The molecular formula is C20H24N4O2. The van der Waals surface area contributed by atoms with Crippen LogP contribution in [-0.4, -0.2) is 50.4 Å². The molecule has 136 valence electrons. The van der Waals surface area contributed by atoms with Crippen LogP contribution >= 0.6 is 0 Å². The third-order valence-electron chi connectivity index (χ3n) is 5.69. The molecule has 1 aromatic carbocycles. The number of nitrogens with one attached hydrogen (secondary N) is 1. The van der Waals surface area contributed by atoms with E-state index in [2.05, 4.69) is 22.3 Å². The van der Waals surface area contributed by atoms with Crippen molar-refractivity contribution in [3.8, 4) is 0 Å². The number of rotatable bonds is 2. The van der Waals surface area contributed by atoms with Crippen LogP contribution in [0.3, 0.4) is 0 Å². The number of carbonyl (C=O) groups is 2. The molecule has 2 saturated heterocycles. The van der Waals surface area contributed by atoms with E-state index in [-0.39, 0.29) is 29.9 Å². The van der Waals surface area contributed by atoms with E-state index in [9.17, 15) is 9.59 Å². The van der Waals surface area contributed by atoms with Crippen LogP contribution in [0.5, 0.6) is 0 Å². The van der Waals surface area contributed by atoms with Crippen LogP contribution < -0.4 is 0 Å². The van der Waals surface area contributed by atoms with Crippen molar-refractivity contribution in [1.82, 2.24) is 20.0 Å². The number of likely N-dealkylation sites (tertiary alicyclic amines) is 2. The molecule has 3 atom stereocenters. The van der Waals surface area contributed by atoms with Crippen LogP contribution in [0.2, 0.25) is 0 Å². The van der Waals surface area contributed by atoms with Gasteiger partial charge in [-0.1, -0.05) is 30.3 Å². The van der Waals surface area contributed by atoms with E-state index in [1.54, 1.807) is 19.2 Å². The zero-order valence-corrected chi connectivity index (χ0v) is 15.0. The summed E-state index contributed by atoms with van der Waals surface area (Å²) in [6.07, 6.45) is 5.33. The normalized spacial score (nSPS) is 25.7. The summed E-state index contributed by atoms with van der Waals surface area (Å²) in [5.41, 5.74) is 1.66. The zero-order chi connectivity index (χ0) is 18.1. The number of carbonyl (C=O) groups excluding carboxylic acids is 2. The Morgan fingerprint density at radius 1 is 1.12 bits per heavy atom. The molecule has 6 heteroatoms. The summed E-state index contributed by atoms with van der Waals surface area (Å²) < 4.78 is 0. The highest BCUT2D eigenvalue weighted by atomic mass is 16.2. The predicted octanol–water partition coefficient (Wildman–Crippen LogP) is 2.77. The molecular weight excluding hydrogens is 328 g/mol. The van der Waals surface area contributed by atoms with Crippen LogP contribution in [0.15, 0.2) is 42.6 Å². The SMILES string of the molecule is CC(=O)N1[C@H](c2ccccc2)C[C@@H]2[C@@H]1CCCCN2C(=O)c1ccn[nH]1. The number of aromatic nitrogens is 2. The molecule has 0 unspecified atom stereocenters. The number of amides is 2. The molecule has 6 nitrogen and oxygen atoms in total. The smallest absolute Gasteiger partial charge is 0.272 e. The molecule has 1 aromatic heterocycles. The maximum atomic E-state index is 13.0. The second-order valence-corrected chi connectivity index (χ2v) is 7.19. The van der Waals surface area contributed by atoms with Gasteiger partial charge in [0, 0.05) is 19.7 Å². The molecule has 2 aliphatic rings. The minimum atomic E-state index is -0.0170. The Hall–Kier alpha value is -2.63. The molecule has 4 rings (SSSR count). The van der Waals surface area contributed by atoms with Gasteiger partial charge in [-0.2, -0.15) is 5.10 Å². The van der Waals surface area contributed by atoms with Gasteiger partial charge in [0.2, 0.25) is 5.91 Å². The summed E-state index contributed by atoms with van der Waals surface area (Å²) in [5, 5.41) is 6.71. The van der Waals surface area contributed by atoms with Crippen LogP contribution in [0.1, 0.15) is 54.7 Å². The number of aromatic amines is 1. The Balaban J connectivity index is 1.69. The van der Waals surface area contributed by atoms with Gasteiger partial charge in [-0.15, -0.1) is 0 Å². The Morgan fingerprint density at radius 2 is 1.92 bits per heavy atom. The van der Waals surface area contributed by atoms with Gasteiger partial charge in [0.15, 0.2) is 0 Å². The van der Waals surface area contributed by atoms with Gasteiger partial charge >= 0.3 is 0 Å². The first-order valence-electron chi connectivity index (χ1n) is 9.31. The van der Waals surface area contributed by atoms with Gasteiger partial charge in [-0.3, -0.25) is 14.7 Å². The number of H-pyrrole nitrogens is 1. The van der Waals surface area contributed by atoms with E-state index in [1.165, 1.54) is 0 Å². The lowest BCUT2D eigenvalue weighted by molar-refractivity contribution is -0.132. The minimum Gasteiger partial charge on any atom is -0.332 e. The molecule has 1 N–H and O–H groups in total. The van der Waals surface area contributed by atoms with E-state index in [0.29, 0.717) is 5.69 Å². The molecule has 0 radical (unpaired) electrons. The van der Waals surface area contributed by atoms with Crippen molar-refractivity contribution in [3.05, 3.63) is 53.9 Å². The van der Waals surface area contributed by atoms with E-state index in [4.69, 9.17) is 0 Å². The maximum absolute atomic E-state index is 13.0. The molecule has 2 fully saturated rings. The van der Waals surface area contributed by atoms with Gasteiger partial charge in [-0.05, 0) is 37.3 Å². The zero-order valence-electron chi connectivity index (χ0n) is 15.0. The molecule has 0 saturated carbocycles. The van der Waals surface area contributed by atoms with Gasteiger partial charge < -0.3 is 9.80 Å². The fraction of sp³-hybridized carbons (Fsp3) is 0.450. The number of hydrogen-bond donors (Lipinski definition) is 1. The second kappa shape index (κ2) is 6.94. The van der Waals surface area contributed by atoms with Crippen molar-refractivity contribution in [3.63, 3.8) is 0 Å². The fourth-order valence-corrected chi connectivity index (χ4v) is 4.59. The summed E-state index contributed by atoms with van der Waals surface area (Å²) in [5.74, 6) is 0.0683. The first-order valence-corrected chi connectivity index (χ1v) is 9.31. The van der Waals surface area contributed by atoms with Crippen molar-refractivity contribution in [2.75, 3.05) is 6.54 Å². The summed E-state index contributed by atoms with van der Waals surface area (Å²) in [7, 11) is 0. The number of hydrogen-bond acceptors (Lipinski definition) is 3. The summed E-state index contributed by atoms with van der Waals surface area (Å²) in [4.78, 5) is 29.5. The van der Waals surface area contributed by atoms with Crippen molar-refractivity contribution >= 4 is 11.8 Å². The number of fused-ring (bicyclic) bond motifs is 1. The molecule has 0 spiro atoms. The number of benzene rings is 1. The lowest BCUT2D eigenvalue weighted by Crippen LogP contribution is -2.47. The molecule has 2 amide bonds. The van der Waals surface area contributed by atoms with Crippen molar-refractivity contribution in [1.29, 1.82) is 0 Å². The maximum Gasteiger partial charge on any atom is 0.272 e. The van der Waals surface area contributed by atoms with Crippen LogP contribution in [0.25, 0.3) is 0 Å². The second-order valence-electron chi connectivity index (χ2n) is 7.19. The van der Waals surface area contributed by atoms with Crippen LogP contribution in [0.4, 0.5) is 0 Å². The predicted molar refractivity (Wildman–Crippen MR) is 97.4 cm³/mol. The summed E-state index contributed by atoms with van der Waals surface area (Å²) >= 11 is 0.